The van der Waals surface area contributed by atoms with E-state index in [9.17, 15) is 18.0 Å². The number of benzene rings is 3. The van der Waals surface area contributed by atoms with Crippen LogP contribution >= 0.6 is 0 Å². The van der Waals surface area contributed by atoms with Gasteiger partial charge in [-0.15, -0.1) is 0 Å². The maximum Gasteiger partial charge on any atom is 0.343 e. The molecule has 0 saturated carbocycles. The van der Waals surface area contributed by atoms with Gasteiger partial charge >= 0.3 is 5.97 Å². The van der Waals surface area contributed by atoms with Gasteiger partial charge in [0.1, 0.15) is 17.1 Å². The van der Waals surface area contributed by atoms with E-state index in [0.717, 1.165) is 6.07 Å². The van der Waals surface area contributed by atoms with Crippen LogP contribution in [0.1, 0.15) is 22.0 Å². The highest BCUT2D eigenvalue weighted by Crippen LogP contribution is 2.27. The van der Waals surface area contributed by atoms with E-state index >= 15 is 0 Å². The van der Waals surface area contributed by atoms with E-state index in [1.54, 1.807) is 54.6 Å². The number of anilines is 1. The zero-order valence-corrected chi connectivity index (χ0v) is 18.7. The van der Waals surface area contributed by atoms with Crippen LogP contribution in [0.5, 0.6) is 11.5 Å². The highest BCUT2D eigenvalue weighted by molar-refractivity contribution is 7.89. The Hall–Kier alpha value is -3.89. The number of amides is 1. The lowest BCUT2D eigenvalue weighted by atomic mass is 10.1. The third-order valence-corrected chi connectivity index (χ3v) is 5.53. The predicted octanol–water partition coefficient (Wildman–Crippen LogP) is 2.89. The van der Waals surface area contributed by atoms with E-state index in [0.29, 0.717) is 17.0 Å². The van der Waals surface area contributed by atoms with Gasteiger partial charge < -0.3 is 19.5 Å². The number of methoxy groups -OCH3 is 2. The number of carbonyl (C=O) groups is 2. The SMILES string of the molecule is COc1cccc(NC(=O)[C@@H](OC(=O)c2cc(S(N)(=O)=O)ccc2OC)c2ccccc2)c1. The summed E-state index contributed by atoms with van der Waals surface area (Å²) in [4.78, 5) is 25.8. The van der Waals surface area contributed by atoms with Crippen LogP contribution in [0.3, 0.4) is 0 Å². The molecule has 33 heavy (non-hydrogen) atoms. The molecule has 0 radical (unpaired) electrons. The molecular formula is C23H22N2O7S. The molecule has 0 saturated heterocycles. The Kier molecular flexibility index (Phi) is 7.31. The summed E-state index contributed by atoms with van der Waals surface area (Å²) in [5, 5.41) is 7.87. The third-order valence-electron chi connectivity index (χ3n) is 4.62. The number of esters is 1. The summed E-state index contributed by atoms with van der Waals surface area (Å²) in [7, 11) is -1.27. The van der Waals surface area contributed by atoms with Crippen LogP contribution in [0, 0.1) is 0 Å². The van der Waals surface area contributed by atoms with Gasteiger partial charge in [0.05, 0.1) is 19.1 Å². The highest BCUT2D eigenvalue weighted by atomic mass is 32.2. The van der Waals surface area contributed by atoms with E-state index in [1.165, 1.54) is 26.4 Å². The normalized spacial score (nSPS) is 11.8. The summed E-state index contributed by atoms with van der Waals surface area (Å²) in [5.74, 6) is -0.991. The molecular weight excluding hydrogens is 448 g/mol. The minimum Gasteiger partial charge on any atom is -0.497 e. The zero-order chi connectivity index (χ0) is 24.0. The first-order chi connectivity index (χ1) is 15.7. The second-order valence-electron chi connectivity index (χ2n) is 6.82. The number of ether oxygens (including phenoxy) is 3. The van der Waals surface area contributed by atoms with Crippen molar-refractivity contribution in [1.29, 1.82) is 0 Å². The summed E-state index contributed by atoms with van der Waals surface area (Å²) < 4.78 is 39.3. The van der Waals surface area contributed by atoms with Crippen LogP contribution in [0.2, 0.25) is 0 Å². The molecule has 9 nitrogen and oxygen atoms in total. The van der Waals surface area contributed by atoms with Crippen LogP contribution in [0.15, 0.2) is 77.7 Å². The first-order valence-electron chi connectivity index (χ1n) is 9.64. The van der Waals surface area contributed by atoms with Crippen molar-refractivity contribution in [3.05, 3.63) is 83.9 Å². The number of nitrogens with one attached hydrogen (secondary N) is 1. The van der Waals surface area contributed by atoms with Gasteiger partial charge in [-0.1, -0.05) is 36.4 Å². The van der Waals surface area contributed by atoms with E-state index in [4.69, 9.17) is 19.3 Å². The van der Waals surface area contributed by atoms with Gasteiger partial charge in [-0.25, -0.2) is 18.4 Å². The van der Waals surface area contributed by atoms with Crippen molar-refractivity contribution in [3.8, 4) is 11.5 Å². The fourth-order valence-electron chi connectivity index (χ4n) is 3.00. The number of hydrogen-bond acceptors (Lipinski definition) is 7. The smallest absolute Gasteiger partial charge is 0.343 e. The number of primary sulfonamides is 1. The molecule has 3 aromatic carbocycles. The van der Waals surface area contributed by atoms with E-state index in [2.05, 4.69) is 5.32 Å². The van der Waals surface area contributed by atoms with Gasteiger partial charge in [-0.05, 0) is 30.3 Å². The zero-order valence-electron chi connectivity index (χ0n) is 17.8. The molecule has 0 aliphatic heterocycles. The molecule has 0 heterocycles. The van der Waals surface area contributed by atoms with Crippen molar-refractivity contribution in [2.75, 3.05) is 19.5 Å². The summed E-state index contributed by atoms with van der Waals surface area (Å²) >= 11 is 0. The minimum absolute atomic E-state index is 0.0624. The Labute approximate surface area is 191 Å². The van der Waals surface area contributed by atoms with Gasteiger partial charge in [-0.2, -0.15) is 0 Å². The largest absolute Gasteiger partial charge is 0.497 e. The Morgan fingerprint density at radius 2 is 1.64 bits per heavy atom. The summed E-state index contributed by atoms with van der Waals surface area (Å²) in [5.41, 5.74) is 0.650. The maximum absolute atomic E-state index is 13.1. The van der Waals surface area contributed by atoms with Crippen LogP contribution in [-0.2, 0) is 19.6 Å². The molecule has 3 aromatic rings. The Morgan fingerprint density at radius 1 is 0.909 bits per heavy atom. The lowest BCUT2D eigenvalue weighted by Gasteiger charge is -2.19. The molecule has 172 valence electrons. The molecule has 0 spiro atoms. The summed E-state index contributed by atoms with van der Waals surface area (Å²) in [6, 6.07) is 18.6. The molecule has 1 amide bonds. The summed E-state index contributed by atoms with van der Waals surface area (Å²) in [6.45, 7) is 0. The molecule has 0 aromatic heterocycles. The van der Waals surface area contributed by atoms with Crippen molar-refractivity contribution in [3.63, 3.8) is 0 Å². The molecule has 3 rings (SSSR count). The standard InChI is InChI=1S/C23H22N2O7S/c1-30-17-10-6-9-16(13-17)25-22(26)21(15-7-4-3-5-8-15)32-23(27)19-14-18(33(24,28)29)11-12-20(19)31-2/h3-14,21H,1-2H3,(H,25,26)(H2,24,28,29)/t21-/m0/s1. The molecule has 0 unspecified atom stereocenters. The Morgan fingerprint density at radius 3 is 2.27 bits per heavy atom. The van der Waals surface area contributed by atoms with Crippen LogP contribution in [-0.4, -0.2) is 34.5 Å². The molecule has 0 aliphatic carbocycles. The van der Waals surface area contributed by atoms with E-state index in [1.807, 2.05) is 0 Å². The number of rotatable bonds is 8. The van der Waals surface area contributed by atoms with Gasteiger partial charge in [0, 0.05) is 17.3 Å². The topological polar surface area (TPSA) is 134 Å². The predicted molar refractivity (Wildman–Crippen MR) is 121 cm³/mol. The quantitative estimate of drug-likeness (QED) is 0.484. The second-order valence-corrected chi connectivity index (χ2v) is 8.39. The lowest BCUT2D eigenvalue weighted by molar-refractivity contribution is -0.125. The fraction of sp³-hybridized carbons (Fsp3) is 0.130. The number of nitrogens with two attached hydrogens (primary N) is 1. The van der Waals surface area contributed by atoms with Gasteiger partial charge in [0.2, 0.25) is 16.1 Å². The average molecular weight is 471 g/mol. The maximum atomic E-state index is 13.1. The Balaban J connectivity index is 1.94. The highest BCUT2D eigenvalue weighted by Gasteiger charge is 2.28. The van der Waals surface area contributed by atoms with Crippen molar-refractivity contribution < 1.29 is 32.2 Å². The fourth-order valence-corrected chi connectivity index (χ4v) is 3.54. The van der Waals surface area contributed by atoms with Crippen molar-refractivity contribution in [1.82, 2.24) is 0 Å². The first kappa shape index (κ1) is 23.8. The number of carbonyl (C=O) groups excluding carboxylic acids is 2. The Bertz CT molecular complexity index is 1260. The van der Waals surface area contributed by atoms with E-state index in [-0.39, 0.29) is 16.2 Å². The molecule has 10 heteroatoms. The van der Waals surface area contributed by atoms with Crippen LogP contribution in [0.25, 0.3) is 0 Å². The average Bonchev–Trinajstić information content (AvgIpc) is 2.81. The van der Waals surface area contributed by atoms with Gasteiger partial charge in [-0.3, -0.25) is 4.79 Å². The van der Waals surface area contributed by atoms with Gasteiger partial charge in [0.25, 0.3) is 5.91 Å². The molecule has 0 fully saturated rings. The molecule has 0 bridgehead atoms. The van der Waals surface area contributed by atoms with Crippen molar-refractivity contribution >= 4 is 27.6 Å². The van der Waals surface area contributed by atoms with E-state index < -0.39 is 28.0 Å². The van der Waals surface area contributed by atoms with Crippen molar-refractivity contribution in [2.24, 2.45) is 5.14 Å². The monoisotopic (exact) mass is 470 g/mol. The number of sulfonamides is 1. The molecule has 3 N–H and O–H groups in total. The third kappa shape index (κ3) is 5.88. The summed E-state index contributed by atoms with van der Waals surface area (Å²) in [6.07, 6.45) is -1.34. The second kappa shape index (κ2) is 10.2. The number of hydrogen-bond donors (Lipinski definition) is 2. The first-order valence-corrected chi connectivity index (χ1v) is 11.2. The van der Waals surface area contributed by atoms with Gasteiger partial charge in [0.15, 0.2) is 0 Å². The van der Waals surface area contributed by atoms with Crippen LogP contribution in [0.4, 0.5) is 5.69 Å². The molecule has 1 atom stereocenters. The molecule has 0 aliphatic rings. The van der Waals surface area contributed by atoms with Crippen molar-refractivity contribution in [2.45, 2.75) is 11.0 Å². The minimum atomic E-state index is -4.08. The lowest BCUT2D eigenvalue weighted by Crippen LogP contribution is -2.26. The van der Waals surface area contributed by atoms with Crippen LogP contribution < -0.4 is 19.9 Å².